The van der Waals surface area contributed by atoms with Crippen LogP contribution in [0, 0.1) is 5.92 Å². The Balaban J connectivity index is 1.79. The lowest BCUT2D eigenvalue weighted by molar-refractivity contribution is -0.131. The third kappa shape index (κ3) is 4.94. The van der Waals surface area contributed by atoms with E-state index in [2.05, 4.69) is 15.2 Å². The quantitative estimate of drug-likeness (QED) is 0.825. The first-order valence-corrected chi connectivity index (χ1v) is 8.87. The van der Waals surface area contributed by atoms with Crippen LogP contribution in [0.15, 0.2) is 24.4 Å². The smallest absolute Gasteiger partial charge is 0.224 e. The molecule has 0 unspecified atom stereocenters. The minimum Gasteiger partial charge on any atom is -0.356 e. The van der Waals surface area contributed by atoms with E-state index in [0.717, 1.165) is 25.2 Å². The van der Waals surface area contributed by atoms with E-state index in [1.165, 1.54) is 0 Å². The Labute approximate surface area is 144 Å². The summed E-state index contributed by atoms with van der Waals surface area (Å²) in [6.45, 7) is 7.39. The number of hydrogen-bond acceptors (Lipinski definition) is 4. The SMILES string of the molecule is CCN(CC)C(=O)CCNC(=O)[C@@H]1CCCN(c2ccccn2)C1. The third-order valence-electron chi connectivity index (χ3n) is 4.52. The van der Waals surface area contributed by atoms with Gasteiger partial charge in [0, 0.05) is 45.3 Å². The molecule has 1 N–H and O–H groups in total. The first kappa shape index (κ1) is 18.2. The molecule has 0 radical (unpaired) electrons. The van der Waals surface area contributed by atoms with Gasteiger partial charge in [0.15, 0.2) is 0 Å². The minimum atomic E-state index is -0.0377. The fraction of sp³-hybridized carbons (Fsp3) is 0.611. The van der Waals surface area contributed by atoms with E-state index in [0.29, 0.717) is 32.6 Å². The van der Waals surface area contributed by atoms with Gasteiger partial charge in [-0.25, -0.2) is 4.98 Å². The van der Waals surface area contributed by atoms with Crippen LogP contribution in [-0.2, 0) is 9.59 Å². The average Bonchev–Trinajstić information content (AvgIpc) is 2.63. The lowest BCUT2D eigenvalue weighted by atomic mass is 9.97. The number of carbonyl (C=O) groups is 2. The van der Waals surface area contributed by atoms with Gasteiger partial charge in [0.1, 0.15) is 5.82 Å². The highest BCUT2D eigenvalue weighted by Gasteiger charge is 2.26. The highest BCUT2D eigenvalue weighted by Crippen LogP contribution is 2.21. The molecule has 6 heteroatoms. The number of anilines is 1. The van der Waals surface area contributed by atoms with Crippen molar-refractivity contribution in [3.8, 4) is 0 Å². The first-order valence-electron chi connectivity index (χ1n) is 8.87. The molecule has 1 aliphatic rings. The topological polar surface area (TPSA) is 65.5 Å². The Morgan fingerprint density at radius 2 is 2.12 bits per heavy atom. The van der Waals surface area contributed by atoms with Crippen LogP contribution < -0.4 is 10.2 Å². The maximum Gasteiger partial charge on any atom is 0.224 e. The van der Waals surface area contributed by atoms with Gasteiger partial charge in [-0.15, -0.1) is 0 Å². The standard InChI is InChI=1S/C18H28N4O2/c1-3-21(4-2)17(23)10-12-20-18(24)15-8-7-13-22(14-15)16-9-5-6-11-19-16/h5-6,9,11,15H,3-4,7-8,10,12-14H2,1-2H3,(H,20,24)/t15-/m1/s1. The molecule has 2 amide bonds. The van der Waals surface area contributed by atoms with Crippen LogP contribution in [0.5, 0.6) is 0 Å². The van der Waals surface area contributed by atoms with Gasteiger partial charge in [0.2, 0.25) is 11.8 Å². The maximum atomic E-state index is 12.4. The van der Waals surface area contributed by atoms with Gasteiger partial charge in [-0.3, -0.25) is 9.59 Å². The Kier molecular flexibility index (Phi) is 7.03. The molecule has 0 spiro atoms. The van der Waals surface area contributed by atoms with Gasteiger partial charge in [-0.2, -0.15) is 0 Å². The number of nitrogens with zero attached hydrogens (tertiary/aromatic N) is 3. The van der Waals surface area contributed by atoms with Gasteiger partial charge >= 0.3 is 0 Å². The van der Waals surface area contributed by atoms with Crippen LogP contribution >= 0.6 is 0 Å². The van der Waals surface area contributed by atoms with Gasteiger partial charge in [-0.05, 0) is 38.8 Å². The molecule has 6 nitrogen and oxygen atoms in total. The lowest BCUT2D eigenvalue weighted by Gasteiger charge is -2.32. The Bertz CT molecular complexity index is 531. The number of hydrogen-bond donors (Lipinski definition) is 1. The molecule has 0 saturated carbocycles. The van der Waals surface area contributed by atoms with Crippen molar-refractivity contribution in [2.24, 2.45) is 5.92 Å². The van der Waals surface area contributed by atoms with Gasteiger partial charge in [-0.1, -0.05) is 6.07 Å². The number of pyridine rings is 1. The number of amides is 2. The lowest BCUT2D eigenvalue weighted by Crippen LogP contribution is -2.44. The second kappa shape index (κ2) is 9.25. The summed E-state index contributed by atoms with van der Waals surface area (Å²) in [5, 5.41) is 2.92. The molecule has 0 bridgehead atoms. The predicted octanol–water partition coefficient (Wildman–Crippen LogP) is 1.67. The molecule has 0 aliphatic carbocycles. The molecule has 1 saturated heterocycles. The number of nitrogens with one attached hydrogen (secondary N) is 1. The van der Waals surface area contributed by atoms with Crippen molar-refractivity contribution in [2.75, 3.05) is 37.6 Å². The van der Waals surface area contributed by atoms with Crippen LogP contribution in [0.4, 0.5) is 5.82 Å². The first-order chi connectivity index (χ1) is 11.7. The van der Waals surface area contributed by atoms with Crippen molar-refractivity contribution in [3.05, 3.63) is 24.4 Å². The second-order valence-electron chi connectivity index (χ2n) is 6.08. The molecule has 132 valence electrons. The molecule has 1 aliphatic heterocycles. The summed E-state index contributed by atoms with van der Waals surface area (Å²) in [5.41, 5.74) is 0. The summed E-state index contributed by atoms with van der Waals surface area (Å²) in [6, 6.07) is 5.83. The van der Waals surface area contributed by atoms with Crippen molar-refractivity contribution in [1.82, 2.24) is 15.2 Å². The Morgan fingerprint density at radius 1 is 1.33 bits per heavy atom. The number of piperidine rings is 1. The highest BCUT2D eigenvalue weighted by atomic mass is 16.2. The number of carbonyl (C=O) groups excluding carboxylic acids is 2. The normalized spacial score (nSPS) is 17.4. The number of rotatable bonds is 7. The van der Waals surface area contributed by atoms with Crippen molar-refractivity contribution in [2.45, 2.75) is 33.1 Å². The van der Waals surface area contributed by atoms with E-state index in [1.807, 2.05) is 32.0 Å². The Morgan fingerprint density at radius 3 is 2.79 bits per heavy atom. The molecule has 0 aromatic carbocycles. The molecule has 2 rings (SSSR count). The predicted molar refractivity (Wildman–Crippen MR) is 94.7 cm³/mol. The monoisotopic (exact) mass is 332 g/mol. The fourth-order valence-corrected chi connectivity index (χ4v) is 3.11. The molecule has 1 atom stereocenters. The van der Waals surface area contributed by atoms with Gasteiger partial charge in [0.25, 0.3) is 0 Å². The molecule has 24 heavy (non-hydrogen) atoms. The fourth-order valence-electron chi connectivity index (χ4n) is 3.11. The van der Waals surface area contributed by atoms with Gasteiger partial charge < -0.3 is 15.1 Å². The molecular formula is C18H28N4O2. The average molecular weight is 332 g/mol. The van der Waals surface area contributed by atoms with E-state index < -0.39 is 0 Å². The van der Waals surface area contributed by atoms with E-state index in [4.69, 9.17) is 0 Å². The van der Waals surface area contributed by atoms with E-state index >= 15 is 0 Å². The summed E-state index contributed by atoms with van der Waals surface area (Å²) >= 11 is 0. The summed E-state index contributed by atoms with van der Waals surface area (Å²) in [4.78, 5) is 32.7. The summed E-state index contributed by atoms with van der Waals surface area (Å²) in [7, 11) is 0. The largest absolute Gasteiger partial charge is 0.356 e. The van der Waals surface area contributed by atoms with Crippen molar-refractivity contribution < 1.29 is 9.59 Å². The summed E-state index contributed by atoms with van der Waals surface area (Å²) in [5.74, 6) is 1.03. The van der Waals surface area contributed by atoms with Crippen LogP contribution in [0.25, 0.3) is 0 Å². The van der Waals surface area contributed by atoms with Crippen molar-refractivity contribution in [1.29, 1.82) is 0 Å². The zero-order valence-electron chi connectivity index (χ0n) is 14.7. The number of aromatic nitrogens is 1. The van der Waals surface area contributed by atoms with Crippen LogP contribution in [-0.4, -0.2) is 54.4 Å². The second-order valence-corrected chi connectivity index (χ2v) is 6.08. The Hall–Kier alpha value is -2.11. The van der Waals surface area contributed by atoms with Crippen LogP contribution in [0.1, 0.15) is 33.1 Å². The summed E-state index contributed by atoms with van der Waals surface area (Å²) in [6.07, 6.45) is 4.01. The van der Waals surface area contributed by atoms with Crippen LogP contribution in [0.2, 0.25) is 0 Å². The van der Waals surface area contributed by atoms with E-state index in [9.17, 15) is 9.59 Å². The zero-order chi connectivity index (χ0) is 17.4. The summed E-state index contributed by atoms with van der Waals surface area (Å²) < 4.78 is 0. The highest BCUT2D eigenvalue weighted by molar-refractivity contribution is 5.81. The van der Waals surface area contributed by atoms with Crippen LogP contribution in [0.3, 0.4) is 0 Å². The van der Waals surface area contributed by atoms with E-state index in [1.54, 1.807) is 11.1 Å². The minimum absolute atomic E-state index is 0.0377. The third-order valence-corrected chi connectivity index (χ3v) is 4.52. The molecule has 1 aromatic heterocycles. The molecule has 1 aromatic rings. The molecule has 1 fully saturated rings. The van der Waals surface area contributed by atoms with E-state index in [-0.39, 0.29) is 17.7 Å². The van der Waals surface area contributed by atoms with Crippen molar-refractivity contribution >= 4 is 17.6 Å². The van der Waals surface area contributed by atoms with Gasteiger partial charge in [0.05, 0.1) is 5.92 Å². The van der Waals surface area contributed by atoms with Crippen molar-refractivity contribution in [3.63, 3.8) is 0 Å². The maximum absolute atomic E-state index is 12.4. The molecule has 2 heterocycles. The molecular weight excluding hydrogens is 304 g/mol. The zero-order valence-corrected chi connectivity index (χ0v) is 14.7.